The molecule has 0 bridgehead atoms. The summed E-state index contributed by atoms with van der Waals surface area (Å²) in [4.78, 5) is 17.3. The number of aromatic nitrogens is 4. The van der Waals surface area contributed by atoms with Crippen LogP contribution in [0.5, 0.6) is 0 Å². The smallest absolute Gasteiger partial charge is 0.234 e. The molecule has 8 heteroatoms. The zero-order chi connectivity index (χ0) is 24.2. The first-order valence-corrected chi connectivity index (χ1v) is 13.3. The van der Waals surface area contributed by atoms with E-state index in [0.29, 0.717) is 0 Å². The van der Waals surface area contributed by atoms with Crippen LogP contribution < -0.4 is 5.32 Å². The van der Waals surface area contributed by atoms with Gasteiger partial charge in [0.05, 0.1) is 16.0 Å². The molecule has 0 aliphatic heterocycles. The van der Waals surface area contributed by atoms with Crippen LogP contribution in [0.4, 0.5) is 5.69 Å². The Labute approximate surface area is 212 Å². The van der Waals surface area contributed by atoms with Gasteiger partial charge in [0, 0.05) is 24.2 Å². The summed E-state index contributed by atoms with van der Waals surface area (Å²) in [6.07, 6.45) is 0.717. The lowest BCUT2D eigenvalue weighted by atomic mass is 10.1. The van der Waals surface area contributed by atoms with Gasteiger partial charge >= 0.3 is 0 Å². The lowest BCUT2D eigenvalue weighted by molar-refractivity contribution is -0.113. The van der Waals surface area contributed by atoms with Crippen molar-refractivity contribution in [3.8, 4) is 10.6 Å². The van der Waals surface area contributed by atoms with E-state index < -0.39 is 0 Å². The third kappa shape index (κ3) is 5.44. The van der Waals surface area contributed by atoms with E-state index in [1.165, 1.54) is 27.6 Å². The minimum Gasteiger partial charge on any atom is -0.325 e. The maximum absolute atomic E-state index is 12.6. The summed E-state index contributed by atoms with van der Waals surface area (Å²) in [5.41, 5.74) is 5.23. The maximum Gasteiger partial charge on any atom is 0.234 e. The summed E-state index contributed by atoms with van der Waals surface area (Å²) in [5.74, 6) is 1.10. The second-order valence-corrected chi connectivity index (χ2v) is 10.2. The highest BCUT2D eigenvalue weighted by Gasteiger charge is 2.14. The van der Waals surface area contributed by atoms with E-state index in [-0.39, 0.29) is 11.7 Å². The summed E-state index contributed by atoms with van der Waals surface area (Å²) in [7, 11) is 0. The van der Waals surface area contributed by atoms with Crippen molar-refractivity contribution in [1.82, 2.24) is 19.7 Å². The van der Waals surface area contributed by atoms with Gasteiger partial charge in [0.25, 0.3) is 0 Å². The Hall–Kier alpha value is -3.49. The van der Waals surface area contributed by atoms with Gasteiger partial charge < -0.3 is 9.88 Å². The predicted molar refractivity (Wildman–Crippen MR) is 144 cm³/mol. The normalized spacial score (nSPS) is 11.1. The topological polar surface area (TPSA) is 72.7 Å². The number of fused-ring (bicyclic) bond motifs is 1. The molecule has 6 nitrogen and oxygen atoms in total. The number of carbonyl (C=O) groups is 1. The van der Waals surface area contributed by atoms with Gasteiger partial charge in [-0.25, -0.2) is 4.98 Å². The van der Waals surface area contributed by atoms with Crippen LogP contribution in [0.15, 0.2) is 78.0 Å². The molecular formula is C27H25N5OS2. The second kappa shape index (κ2) is 10.4. The maximum atomic E-state index is 12.6. The number of anilines is 1. The van der Waals surface area contributed by atoms with Gasteiger partial charge in [-0.2, -0.15) is 0 Å². The Morgan fingerprint density at radius 3 is 2.60 bits per heavy atom. The highest BCUT2D eigenvalue weighted by atomic mass is 32.2. The van der Waals surface area contributed by atoms with Crippen LogP contribution in [-0.2, 0) is 17.8 Å². The number of carbonyl (C=O) groups excluding carboxylic acids is 1. The van der Waals surface area contributed by atoms with E-state index in [2.05, 4.69) is 64.3 Å². The lowest BCUT2D eigenvalue weighted by Gasteiger charge is -2.08. The average Bonchev–Trinajstić information content (AvgIpc) is 3.47. The Morgan fingerprint density at radius 1 is 1.03 bits per heavy atom. The van der Waals surface area contributed by atoms with Crippen molar-refractivity contribution in [1.29, 1.82) is 0 Å². The van der Waals surface area contributed by atoms with Crippen LogP contribution in [0.25, 0.3) is 20.8 Å². The van der Waals surface area contributed by atoms with Gasteiger partial charge in [0.15, 0.2) is 5.16 Å². The Morgan fingerprint density at radius 2 is 1.83 bits per heavy atom. The molecule has 0 aliphatic rings. The fourth-order valence-corrected chi connectivity index (χ4v) is 5.72. The standard InChI is InChI=1S/C27H25N5OS2/c1-3-32-24(16-19-7-5-4-6-8-19)30-31-27(32)34-17-25(33)28-21-12-10-20(11-13-21)26-29-22-14-9-18(2)15-23(22)35-26/h4-15H,3,16-17H2,1-2H3,(H,28,33). The number of hydrogen-bond donors (Lipinski definition) is 1. The van der Waals surface area contributed by atoms with Crippen molar-refractivity contribution in [2.75, 3.05) is 11.1 Å². The molecule has 0 saturated carbocycles. The van der Waals surface area contributed by atoms with Gasteiger partial charge in [0.1, 0.15) is 10.8 Å². The highest BCUT2D eigenvalue weighted by molar-refractivity contribution is 7.99. The molecule has 176 valence electrons. The minimum absolute atomic E-state index is 0.0755. The molecule has 0 saturated heterocycles. The molecule has 2 heterocycles. The van der Waals surface area contributed by atoms with Crippen LogP contribution >= 0.6 is 23.1 Å². The minimum atomic E-state index is -0.0755. The quantitative estimate of drug-likeness (QED) is 0.257. The fraction of sp³-hybridized carbons (Fsp3) is 0.185. The van der Waals surface area contributed by atoms with Crippen LogP contribution in [0, 0.1) is 6.92 Å². The van der Waals surface area contributed by atoms with Gasteiger partial charge in [-0.05, 0) is 61.4 Å². The molecule has 2 aromatic heterocycles. The van der Waals surface area contributed by atoms with Gasteiger partial charge in [0.2, 0.25) is 5.91 Å². The summed E-state index contributed by atoms with van der Waals surface area (Å²) < 4.78 is 3.25. The molecule has 0 radical (unpaired) electrons. The third-order valence-electron chi connectivity index (χ3n) is 5.61. The molecule has 3 aromatic carbocycles. The molecule has 35 heavy (non-hydrogen) atoms. The van der Waals surface area contributed by atoms with Crippen LogP contribution in [0.3, 0.4) is 0 Å². The molecule has 0 fully saturated rings. The largest absolute Gasteiger partial charge is 0.325 e. The molecule has 0 unspecified atom stereocenters. The molecule has 1 amide bonds. The molecular weight excluding hydrogens is 474 g/mol. The molecule has 0 atom stereocenters. The first-order valence-electron chi connectivity index (χ1n) is 11.5. The van der Waals surface area contributed by atoms with E-state index in [4.69, 9.17) is 4.98 Å². The predicted octanol–water partition coefficient (Wildman–Crippen LogP) is 6.20. The molecule has 5 aromatic rings. The number of hydrogen-bond acceptors (Lipinski definition) is 6. The summed E-state index contributed by atoms with van der Waals surface area (Å²) >= 11 is 3.08. The number of aryl methyl sites for hydroxylation is 1. The molecule has 0 spiro atoms. The monoisotopic (exact) mass is 499 g/mol. The third-order valence-corrected chi connectivity index (χ3v) is 7.64. The number of benzene rings is 3. The molecule has 1 N–H and O–H groups in total. The average molecular weight is 500 g/mol. The van der Waals surface area contributed by atoms with E-state index in [0.717, 1.165) is 45.7 Å². The number of thiazole rings is 1. The highest BCUT2D eigenvalue weighted by Crippen LogP contribution is 2.31. The lowest BCUT2D eigenvalue weighted by Crippen LogP contribution is -2.14. The van der Waals surface area contributed by atoms with Gasteiger partial charge in [-0.15, -0.1) is 21.5 Å². The second-order valence-electron chi connectivity index (χ2n) is 8.21. The Kier molecular flexibility index (Phi) is 6.92. The van der Waals surface area contributed by atoms with Crippen molar-refractivity contribution >= 4 is 44.9 Å². The van der Waals surface area contributed by atoms with Crippen LogP contribution in [-0.4, -0.2) is 31.4 Å². The zero-order valence-electron chi connectivity index (χ0n) is 19.6. The first kappa shape index (κ1) is 23.3. The van der Waals surface area contributed by atoms with Gasteiger partial charge in [-0.3, -0.25) is 4.79 Å². The van der Waals surface area contributed by atoms with Crippen molar-refractivity contribution in [2.24, 2.45) is 0 Å². The SMILES string of the molecule is CCn1c(Cc2ccccc2)nnc1SCC(=O)Nc1ccc(-c2nc3ccc(C)cc3s2)cc1. The number of nitrogens with one attached hydrogen (secondary N) is 1. The molecule has 5 rings (SSSR count). The van der Waals surface area contributed by atoms with Gasteiger partial charge in [-0.1, -0.05) is 48.2 Å². The number of thioether (sulfide) groups is 1. The van der Waals surface area contributed by atoms with Crippen molar-refractivity contribution in [2.45, 2.75) is 32.0 Å². The van der Waals surface area contributed by atoms with Crippen LogP contribution in [0.1, 0.15) is 23.9 Å². The van der Waals surface area contributed by atoms with Crippen molar-refractivity contribution in [3.63, 3.8) is 0 Å². The number of rotatable bonds is 8. The van der Waals surface area contributed by atoms with E-state index in [9.17, 15) is 4.79 Å². The number of amides is 1. The Bertz CT molecular complexity index is 1460. The Balaban J connectivity index is 1.20. The summed E-state index contributed by atoms with van der Waals surface area (Å²) in [6, 6.07) is 24.3. The fourth-order valence-electron chi connectivity index (χ4n) is 3.83. The first-order chi connectivity index (χ1) is 17.1. The number of nitrogens with zero attached hydrogens (tertiary/aromatic N) is 4. The van der Waals surface area contributed by atoms with E-state index >= 15 is 0 Å². The van der Waals surface area contributed by atoms with Crippen molar-refractivity contribution < 1.29 is 4.79 Å². The van der Waals surface area contributed by atoms with Crippen molar-refractivity contribution in [3.05, 3.63) is 89.7 Å². The zero-order valence-corrected chi connectivity index (χ0v) is 21.2. The van der Waals surface area contributed by atoms with Crippen LogP contribution in [0.2, 0.25) is 0 Å². The summed E-state index contributed by atoms with van der Waals surface area (Å²) in [5, 5.41) is 13.4. The van der Waals surface area contributed by atoms with E-state index in [1.54, 1.807) is 11.3 Å². The van der Waals surface area contributed by atoms with E-state index in [1.807, 2.05) is 42.5 Å². The summed E-state index contributed by atoms with van der Waals surface area (Å²) in [6.45, 7) is 4.91. The molecule has 0 aliphatic carbocycles.